The Bertz CT molecular complexity index is 1280. The number of anilines is 1. The Hall–Kier alpha value is -3.38. The van der Waals surface area contributed by atoms with Crippen LogP contribution in [0.1, 0.15) is 18.1 Å². The number of nitrogens with zero attached hydrogens (tertiary/aromatic N) is 2. The Balaban J connectivity index is 1.83. The third-order valence-electron chi connectivity index (χ3n) is 4.19. The number of carbonyl (C=O) groups is 1. The molecule has 0 spiro atoms. The average molecular weight is 525 g/mol. The molecular formula is C23H14Cl3F2N3O3. The topological polar surface area (TPSA) is 83.7 Å². The van der Waals surface area contributed by atoms with Crippen molar-refractivity contribution in [3.63, 3.8) is 0 Å². The maximum atomic E-state index is 14.1. The Morgan fingerprint density at radius 2 is 1.71 bits per heavy atom. The lowest BCUT2D eigenvalue weighted by molar-refractivity contribution is 0.258. The van der Waals surface area contributed by atoms with Crippen LogP contribution in [0.25, 0.3) is 0 Å². The van der Waals surface area contributed by atoms with Crippen LogP contribution in [-0.4, -0.2) is 18.5 Å². The minimum absolute atomic E-state index is 0.0168. The van der Waals surface area contributed by atoms with Gasteiger partial charge in [0.1, 0.15) is 29.0 Å². The van der Waals surface area contributed by atoms with Crippen molar-refractivity contribution >= 4 is 52.4 Å². The number of rotatable bonds is 5. The summed E-state index contributed by atoms with van der Waals surface area (Å²) in [7, 11) is 0. The van der Waals surface area contributed by atoms with Crippen molar-refractivity contribution in [2.24, 2.45) is 4.99 Å². The van der Waals surface area contributed by atoms with Crippen LogP contribution in [-0.2, 0) is 4.74 Å². The zero-order valence-electron chi connectivity index (χ0n) is 17.3. The van der Waals surface area contributed by atoms with E-state index >= 15 is 0 Å². The number of carbonyl (C=O) groups excluding carboxylic acids is 1. The van der Waals surface area contributed by atoms with E-state index in [4.69, 9.17) is 49.5 Å². The molecule has 0 saturated heterocycles. The highest BCUT2D eigenvalue weighted by molar-refractivity contribution is 6.37. The summed E-state index contributed by atoms with van der Waals surface area (Å²) in [5.41, 5.74) is -0.161. The van der Waals surface area contributed by atoms with Gasteiger partial charge < -0.3 is 14.8 Å². The van der Waals surface area contributed by atoms with Crippen molar-refractivity contribution in [3.8, 4) is 17.6 Å². The molecule has 0 aliphatic heterocycles. The second-order valence-corrected chi connectivity index (χ2v) is 7.72. The van der Waals surface area contributed by atoms with Crippen LogP contribution >= 0.6 is 34.8 Å². The first-order chi connectivity index (χ1) is 16.2. The van der Waals surface area contributed by atoms with Crippen molar-refractivity contribution in [2.45, 2.75) is 6.92 Å². The average Bonchev–Trinajstić information content (AvgIpc) is 2.76. The molecule has 3 aromatic rings. The molecule has 0 saturated carbocycles. The van der Waals surface area contributed by atoms with E-state index in [1.165, 1.54) is 36.4 Å². The monoisotopic (exact) mass is 523 g/mol. The van der Waals surface area contributed by atoms with Gasteiger partial charge in [-0.15, -0.1) is 0 Å². The number of urea groups is 1. The van der Waals surface area contributed by atoms with Crippen LogP contribution in [0, 0.1) is 23.0 Å². The first-order valence-electron chi connectivity index (χ1n) is 9.56. The number of nitriles is 1. The molecule has 0 unspecified atom stereocenters. The van der Waals surface area contributed by atoms with E-state index < -0.39 is 29.1 Å². The van der Waals surface area contributed by atoms with Gasteiger partial charge in [-0.25, -0.2) is 13.6 Å². The summed E-state index contributed by atoms with van der Waals surface area (Å²) in [6.45, 7) is 1.59. The standard InChI is InChI=1S/C23H14Cl3F2N3O3/c1-2-33-22(20-18(27)4-3-5-19(20)28)31-23(32)30-13-8-16(25)21(17(26)9-13)34-14-7-6-12(11-29)15(24)10-14/h3-10H,2H2,1H3,(H,30,32)/b31-22-. The molecular weight excluding hydrogens is 511 g/mol. The number of amides is 2. The van der Waals surface area contributed by atoms with E-state index in [-0.39, 0.29) is 44.4 Å². The first-order valence-corrected chi connectivity index (χ1v) is 10.7. The minimum atomic E-state index is -0.981. The van der Waals surface area contributed by atoms with Gasteiger partial charge in [0.2, 0.25) is 5.90 Å². The largest absolute Gasteiger partial charge is 0.477 e. The van der Waals surface area contributed by atoms with Gasteiger partial charge in [-0.1, -0.05) is 40.9 Å². The highest BCUT2D eigenvalue weighted by atomic mass is 35.5. The molecule has 0 heterocycles. The van der Waals surface area contributed by atoms with Crippen LogP contribution in [0.15, 0.2) is 53.5 Å². The zero-order chi connectivity index (χ0) is 24.8. The number of aliphatic imine (C=N–C) groups is 1. The van der Waals surface area contributed by atoms with Gasteiger partial charge in [0.15, 0.2) is 5.75 Å². The van der Waals surface area contributed by atoms with Crippen molar-refractivity contribution in [3.05, 3.63) is 86.4 Å². The predicted octanol–water partition coefficient (Wildman–Crippen LogP) is 7.60. The lowest BCUT2D eigenvalue weighted by Crippen LogP contribution is -2.16. The van der Waals surface area contributed by atoms with E-state index in [2.05, 4.69) is 10.3 Å². The maximum absolute atomic E-state index is 14.1. The van der Waals surface area contributed by atoms with Crippen molar-refractivity contribution in [2.75, 3.05) is 11.9 Å². The first kappa shape index (κ1) is 25.2. The number of hydrogen-bond donors (Lipinski definition) is 1. The summed E-state index contributed by atoms with van der Waals surface area (Å²) in [6.07, 6.45) is 0. The van der Waals surface area contributed by atoms with Crippen molar-refractivity contribution in [1.29, 1.82) is 5.26 Å². The SMILES string of the molecule is CCO/C(=N\C(=O)Nc1cc(Cl)c(Oc2ccc(C#N)c(Cl)c2)c(Cl)c1)c1c(F)cccc1F. The molecule has 1 N–H and O–H groups in total. The Kier molecular flexibility index (Phi) is 8.29. The second kappa shape index (κ2) is 11.2. The molecule has 3 aromatic carbocycles. The summed E-state index contributed by atoms with van der Waals surface area (Å²) in [5.74, 6) is -2.03. The molecule has 11 heteroatoms. The number of hydrogen-bond acceptors (Lipinski definition) is 4. The lowest BCUT2D eigenvalue weighted by atomic mass is 10.2. The highest BCUT2D eigenvalue weighted by Gasteiger charge is 2.19. The zero-order valence-corrected chi connectivity index (χ0v) is 19.6. The quantitative estimate of drug-likeness (QED) is 0.275. The van der Waals surface area contributed by atoms with Gasteiger partial charge in [-0.05, 0) is 43.3 Å². The molecule has 0 fully saturated rings. The predicted molar refractivity (Wildman–Crippen MR) is 126 cm³/mol. The van der Waals surface area contributed by atoms with Gasteiger partial charge in [0, 0.05) is 11.8 Å². The van der Waals surface area contributed by atoms with Gasteiger partial charge in [0.25, 0.3) is 0 Å². The van der Waals surface area contributed by atoms with E-state index in [0.717, 1.165) is 12.1 Å². The Morgan fingerprint density at radius 1 is 1.06 bits per heavy atom. The molecule has 0 aliphatic carbocycles. The molecule has 2 amide bonds. The van der Waals surface area contributed by atoms with Gasteiger partial charge >= 0.3 is 6.03 Å². The summed E-state index contributed by atoms with van der Waals surface area (Å²) >= 11 is 18.5. The van der Waals surface area contributed by atoms with Crippen LogP contribution < -0.4 is 10.1 Å². The molecule has 34 heavy (non-hydrogen) atoms. The minimum Gasteiger partial charge on any atom is -0.477 e. The third kappa shape index (κ3) is 5.94. The molecule has 6 nitrogen and oxygen atoms in total. The van der Waals surface area contributed by atoms with Gasteiger partial charge in [0.05, 0.1) is 27.2 Å². The van der Waals surface area contributed by atoms with E-state index in [0.29, 0.717) is 0 Å². The lowest BCUT2D eigenvalue weighted by Gasteiger charge is -2.13. The number of ether oxygens (including phenoxy) is 2. The molecule has 0 atom stereocenters. The number of halogens is 5. The third-order valence-corrected chi connectivity index (χ3v) is 5.07. The Labute approximate surface area is 208 Å². The summed E-state index contributed by atoms with van der Waals surface area (Å²) in [6, 6.07) is 11.3. The van der Waals surface area contributed by atoms with Crippen molar-refractivity contribution in [1.82, 2.24) is 0 Å². The fourth-order valence-electron chi connectivity index (χ4n) is 2.74. The van der Waals surface area contributed by atoms with Crippen molar-refractivity contribution < 1.29 is 23.0 Å². The second-order valence-electron chi connectivity index (χ2n) is 6.50. The molecule has 0 bridgehead atoms. The highest BCUT2D eigenvalue weighted by Crippen LogP contribution is 2.39. The van der Waals surface area contributed by atoms with Crippen LogP contribution in [0.4, 0.5) is 19.3 Å². The molecule has 0 aromatic heterocycles. The van der Waals surface area contributed by atoms with Gasteiger partial charge in [-0.3, -0.25) is 0 Å². The molecule has 3 rings (SSSR count). The summed E-state index contributed by atoms with van der Waals surface area (Å²) < 4.78 is 39.0. The van der Waals surface area contributed by atoms with E-state index in [1.54, 1.807) is 6.92 Å². The van der Waals surface area contributed by atoms with E-state index in [9.17, 15) is 13.6 Å². The molecule has 0 radical (unpaired) electrons. The maximum Gasteiger partial charge on any atom is 0.348 e. The van der Waals surface area contributed by atoms with E-state index in [1.807, 2.05) is 6.07 Å². The smallest absolute Gasteiger partial charge is 0.348 e. The van der Waals surface area contributed by atoms with Crippen LogP contribution in [0.3, 0.4) is 0 Å². The number of nitrogens with one attached hydrogen (secondary N) is 1. The fourth-order valence-corrected chi connectivity index (χ4v) is 3.52. The molecule has 0 aliphatic rings. The molecule has 174 valence electrons. The Morgan fingerprint density at radius 3 is 2.26 bits per heavy atom. The summed E-state index contributed by atoms with van der Waals surface area (Å²) in [4.78, 5) is 16.0. The summed E-state index contributed by atoms with van der Waals surface area (Å²) in [5, 5.41) is 11.6. The van der Waals surface area contributed by atoms with Crippen LogP contribution in [0.5, 0.6) is 11.5 Å². The van der Waals surface area contributed by atoms with Gasteiger partial charge in [-0.2, -0.15) is 10.3 Å². The fraction of sp³-hybridized carbons (Fsp3) is 0.0870. The van der Waals surface area contributed by atoms with Crippen LogP contribution in [0.2, 0.25) is 15.1 Å². The number of benzene rings is 3. The normalized spacial score (nSPS) is 11.0.